The van der Waals surface area contributed by atoms with Crippen LogP contribution in [0.4, 0.5) is 0 Å². The van der Waals surface area contributed by atoms with E-state index in [1.807, 2.05) is 38.1 Å². The highest BCUT2D eigenvalue weighted by Crippen LogP contribution is 2.21. The van der Waals surface area contributed by atoms with Crippen LogP contribution in [0.5, 0.6) is 5.75 Å². The van der Waals surface area contributed by atoms with E-state index in [1.165, 1.54) is 0 Å². The fraction of sp³-hybridized carbons (Fsp3) is 0.533. The van der Waals surface area contributed by atoms with E-state index in [2.05, 4.69) is 15.9 Å². The van der Waals surface area contributed by atoms with Gasteiger partial charge in [0.15, 0.2) is 6.10 Å². The molecule has 0 radical (unpaired) electrons. The second kappa shape index (κ2) is 6.59. The molecule has 1 aliphatic heterocycles. The Bertz CT molecular complexity index is 461. The number of β-amino-alcohol motifs (C(OH)–C–C–N with tert-alkyl or cyclic N) is 1. The predicted octanol–water partition coefficient (Wildman–Crippen LogP) is 2.45. The molecule has 0 saturated carbocycles. The molecule has 20 heavy (non-hydrogen) atoms. The highest BCUT2D eigenvalue weighted by Gasteiger charge is 2.33. The number of nitrogens with zero attached hydrogens (tertiary/aromatic N) is 1. The van der Waals surface area contributed by atoms with Gasteiger partial charge in [0.05, 0.1) is 6.10 Å². The number of hydrogen-bond acceptors (Lipinski definition) is 3. The van der Waals surface area contributed by atoms with Gasteiger partial charge in [-0.3, -0.25) is 4.79 Å². The van der Waals surface area contributed by atoms with Crippen LogP contribution in [-0.2, 0) is 4.79 Å². The van der Waals surface area contributed by atoms with Crippen LogP contribution in [0, 0.1) is 5.92 Å². The van der Waals surface area contributed by atoms with Crippen LogP contribution >= 0.6 is 15.9 Å². The number of amides is 1. The van der Waals surface area contributed by atoms with Crippen molar-refractivity contribution < 1.29 is 14.6 Å². The van der Waals surface area contributed by atoms with Gasteiger partial charge in [0.25, 0.3) is 5.91 Å². The number of carbonyl (C=O) groups excluding carboxylic acids is 1. The minimum atomic E-state index is -0.513. The first kappa shape index (κ1) is 15.3. The molecule has 0 aliphatic carbocycles. The molecule has 1 heterocycles. The highest BCUT2D eigenvalue weighted by atomic mass is 79.9. The van der Waals surface area contributed by atoms with Crippen molar-refractivity contribution in [3.8, 4) is 5.75 Å². The number of aliphatic hydroxyl groups is 1. The summed E-state index contributed by atoms with van der Waals surface area (Å²) in [7, 11) is 0. The van der Waals surface area contributed by atoms with Crippen molar-refractivity contribution in [3.63, 3.8) is 0 Å². The summed E-state index contributed by atoms with van der Waals surface area (Å²) >= 11 is 3.37. The van der Waals surface area contributed by atoms with Crippen LogP contribution in [0.3, 0.4) is 0 Å². The second-order valence-corrected chi connectivity index (χ2v) is 6.38. The van der Waals surface area contributed by atoms with Gasteiger partial charge in [0.2, 0.25) is 0 Å². The molecule has 0 spiro atoms. The third kappa shape index (κ3) is 3.73. The number of rotatable bonds is 4. The first-order valence-corrected chi connectivity index (χ1v) is 7.65. The Hall–Kier alpha value is -1.07. The second-order valence-electron chi connectivity index (χ2n) is 5.46. The third-order valence-electron chi connectivity index (χ3n) is 3.40. The topological polar surface area (TPSA) is 49.8 Å². The Balaban J connectivity index is 2.06. The van der Waals surface area contributed by atoms with Crippen LogP contribution in [0.1, 0.15) is 20.3 Å². The van der Waals surface area contributed by atoms with Crippen molar-refractivity contribution in [1.29, 1.82) is 0 Å². The van der Waals surface area contributed by atoms with Crippen molar-refractivity contribution in [1.82, 2.24) is 4.90 Å². The quantitative estimate of drug-likeness (QED) is 0.914. The van der Waals surface area contributed by atoms with Gasteiger partial charge in [-0.15, -0.1) is 0 Å². The molecule has 1 fully saturated rings. The lowest BCUT2D eigenvalue weighted by atomic mass is 10.1. The maximum atomic E-state index is 12.5. The van der Waals surface area contributed by atoms with E-state index in [0.717, 1.165) is 4.47 Å². The van der Waals surface area contributed by atoms with Crippen LogP contribution in [0.15, 0.2) is 28.7 Å². The maximum Gasteiger partial charge on any atom is 0.264 e. The Morgan fingerprint density at radius 2 is 2.05 bits per heavy atom. The Kier molecular flexibility index (Phi) is 5.05. The van der Waals surface area contributed by atoms with Gasteiger partial charge < -0.3 is 14.7 Å². The van der Waals surface area contributed by atoms with Crippen molar-refractivity contribution in [2.24, 2.45) is 5.92 Å². The van der Waals surface area contributed by atoms with Gasteiger partial charge in [-0.1, -0.05) is 29.8 Å². The summed E-state index contributed by atoms with van der Waals surface area (Å²) in [5, 5.41) is 9.55. The molecule has 5 heteroatoms. The molecule has 1 saturated heterocycles. The molecule has 1 aromatic carbocycles. The molecule has 0 aromatic heterocycles. The van der Waals surface area contributed by atoms with Crippen LogP contribution in [0.2, 0.25) is 0 Å². The summed E-state index contributed by atoms with van der Waals surface area (Å²) in [4.78, 5) is 14.2. The number of likely N-dealkylation sites (tertiary alicyclic amines) is 1. The van der Waals surface area contributed by atoms with Gasteiger partial charge in [0, 0.05) is 17.6 Å². The van der Waals surface area contributed by atoms with Crippen molar-refractivity contribution in [3.05, 3.63) is 28.7 Å². The van der Waals surface area contributed by atoms with Gasteiger partial charge >= 0.3 is 0 Å². The lowest BCUT2D eigenvalue weighted by molar-refractivity contribution is -0.140. The average Bonchev–Trinajstić information content (AvgIpc) is 2.83. The molecule has 0 bridgehead atoms. The number of aliphatic hydroxyl groups excluding tert-OH is 1. The van der Waals surface area contributed by atoms with E-state index in [0.29, 0.717) is 25.3 Å². The average molecular weight is 342 g/mol. The van der Waals surface area contributed by atoms with Crippen LogP contribution in [0.25, 0.3) is 0 Å². The minimum Gasteiger partial charge on any atom is -0.480 e. The molecule has 1 amide bonds. The minimum absolute atomic E-state index is 0.0422. The standard InChI is InChI=1S/C15H20BrNO3/c1-10(2)14(15(19)17-8-7-12(18)9-17)20-13-5-3-11(16)4-6-13/h3-6,10,12,14,18H,7-9H2,1-2H3/t12-,14?/m1/s1. The lowest BCUT2D eigenvalue weighted by Gasteiger charge is -2.26. The smallest absolute Gasteiger partial charge is 0.264 e. The van der Waals surface area contributed by atoms with Crippen LogP contribution < -0.4 is 4.74 Å². The molecule has 2 rings (SSSR count). The number of ether oxygens (including phenoxy) is 1. The number of hydrogen-bond donors (Lipinski definition) is 1. The summed E-state index contributed by atoms with van der Waals surface area (Å²) in [6.45, 7) is 4.94. The summed E-state index contributed by atoms with van der Waals surface area (Å²) < 4.78 is 6.82. The van der Waals surface area contributed by atoms with E-state index in [1.54, 1.807) is 4.90 Å². The SMILES string of the molecule is CC(C)C(Oc1ccc(Br)cc1)C(=O)N1CC[C@@H](O)C1. The molecule has 1 N–H and O–H groups in total. The third-order valence-corrected chi connectivity index (χ3v) is 3.93. The van der Waals surface area contributed by atoms with Gasteiger partial charge in [-0.2, -0.15) is 0 Å². The van der Waals surface area contributed by atoms with Gasteiger partial charge in [-0.25, -0.2) is 0 Å². The Morgan fingerprint density at radius 1 is 1.40 bits per heavy atom. The zero-order valence-electron chi connectivity index (χ0n) is 11.8. The first-order valence-electron chi connectivity index (χ1n) is 6.86. The van der Waals surface area contributed by atoms with Gasteiger partial charge in [-0.05, 0) is 36.6 Å². The van der Waals surface area contributed by atoms with E-state index >= 15 is 0 Å². The molecular formula is C15H20BrNO3. The maximum absolute atomic E-state index is 12.5. The van der Waals surface area contributed by atoms with Crippen LogP contribution in [-0.4, -0.2) is 41.2 Å². The van der Waals surface area contributed by atoms with Crippen molar-refractivity contribution >= 4 is 21.8 Å². The highest BCUT2D eigenvalue weighted by molar-refractivity contribution is 9.10. The molecule has 2 atom stereocenters. The number of carbonyl (C=O) groups is 1. The Morgan fingerprint density at radius 3 is 2.55 bits per heavy atom. The lowest BCUT2D eigenvalue weighted by Crippen LogP contribution is -2.43. The van der Waals surface area contributed by atoms with E-state index < -0.39 is 12.2 Å². The molecule has 4 nitrogen and oxygen atoms in total. The fourth-order valence-corrected chi connectivity index (χ4v) is 2.52. The fourth-order valence-electron chi connectivity index (χ4n) is 2.25. The summed E-state index contributed by atoms with van der Waals surface area (Å²) in [6, 6.07) is 7.45. The monoisotopic (exact) mass is 341 g/mol. The predicted molar refractivity (Wildman–Crippen MR) is 80.6 cm³/mol. The molecule has 1 unspecified atom stereocenters. The first-order chi connectivity index (χ1) is 9.47. The summed E-state index contributed by atoms with van der Waals surface area (Å²) in [5.41, 5.74) is 0. The van der Waals surface area contributed by atoms with Crippen molar-refractivity contribution in [2.75, 3.05) is 13.1 Å². The summed E-state index contributed by atoms with van der Waals surface area (Å²) in [5.74, 6) is 0.711. The number of halogens is 1. The normalized spacial score (nSPS) is 20.2. The van der Waals surface area contributed by atoms with E-state index in [4.69, 9.17) is 4.74 Å². The molecule has 110 valence electrons. The van der Waals surface area contributed by atoms with Gasteiger partial charge in [0.1, 0.15) is 5.75 Å². The zero-order valence-corrected chi connectivity index (χ0v) is 13.3. The largest absolute Gasteiger partial charge is 0.480 e. The summed E-state index contributed by atoms with van der Waals surface area (Å²) in [6.07, 6.45) is -0.268. The number of benzene rings is 1. The molecular weight excluding hydrogens is 322 g/mol. The zero-order chi connectivity index (χ0) is 14.7. The van der Waals surface area contributed by atoms with E-state index in [9.17, 15) is 9.90 Å². The molecule has 1 aromatic rings. The Labute approximate surface area is 127 Å². The van der Waals surface area contributed by atoms with Crippen molar-refractivity contribution in [2.45, 2.75) is 32.5 Å². The molecule has 1 aliphatic rings. The van der Waals surface area contributed by atoms with E-state index in [-0.39, 0.29) is 11.8 Å².